The van der Waals surface area contributed by atoms with Crippen molar-refractivity contribution in [1.29, 1.82) is 0 Å². The zero-order chi connectivity index (χ0) is 22.5. The molecule has 1 aliphatic rings. The van der Waals surface area contributed by atoms with Gasteiger partial charge in [0.15, 0.2) is 5.17 Å². The van der Waals surface area contributed by atoms with Gasteiger partial charge in [-0.25, -0.2) is 0 Å². The molecule has 9 nitrogen and oxygen atoms in total. The largest absolute Gasteiger partial charge is 0.507 e. The van der Waals surface area contributed by atoms with Gasteiger partial charge in [-0.15, -0.1) is 5.10 Å². The highest BCUT2D eigenvalue weighted by molar-refractivity contribution is 8.18. The summed E-state index contributed by atoms with van der Waals surface area (Å²) >= 11 is 1.13. The van der Waals surface area contributed by atoms with Gasteiger partial charge in [0.05, 0.1) is 28.9 Å². The van der Waals surface area contributed by atoms with E-state index in [-0.39, 0.29) is 23.9 Å². The number of phenolic OH excluding ortho intramolecular Hbond substituents is 1. The number of hydrogen-bond donors (Lipinski definition) is 1. The first-order valence-corrected chi connectivity index (χ1v) is 10.2. The fourth-order valence-corrected chi connectivity index (χ4v) is 3.78. The molecule has 1 aromatic heterocycles. The maximum Gasteiger partial charge on any atom is 0.269 e. The number of furan rings is 1. The van der Waals surface area contributed by atoms with Crippen LogP contribution in [0.25, 0.3) is 6.08 Å². The van der Waals surface area contributed by atoms with Crippen LogP contribution in [0.1, 0.15) is 16.9 Å². The summed E-state index contributed by atoms with van der Waals surface area (Å²) in [6.45, 7) is 0.169. The van der Waals surface area contributed by atoms with E-state index in [1.807, 2.05) is 0 Å². The van der Waals surface area contributed by atoms with E-state index in [9.17, 15) is 20.0 Å². The molecule has 3 aromatic rings. The van der Waals surface area contributed by atoms with Crippen molar-refractivity contribution in [3.8, 4) is 5.75 Å². The minimum Gasteiger partial charge on any atom is -0.507 e. The summed E-state index contributed by atoms with van der Waals surface area (Å²) in [7, 11) is 0. The highest BCUT2D eigenvalue weighted by Gasteiger charge is 2.34. The summed E-state index contributed by atoms with van der Waals surface area (Å²) in [5.41, 5.74) is 1.11. The van der Waals surface area contributed by atoms with Gasteiger partial charge in [-0.2, -0.15) is 5.10 Å². The standard InChI is InChI=1S/C22H16N4O5S/c27-19-6-2-1-4-16(19)12-20-21(28)25(14-18-5-3-11-31-18)22(32-20)24-23-13-15-7-9-17(10-8-15)26(29)30/h1-13,27H,14H2/b20-12-,23-13+,24-22-. The number of carbonyl (C=O) groups is 1. The second-order valence-electron chi connectivity index (χ2n) is 6.62. The molecule has 1 aliphatic heterocycles. The molecule has 0 unspecified atom stereocenters. The van der Waals surface area contributed by atoms with Crippen LogP contribution in [-0.4, -0.2) is 32.2 Å². The number of nitro groups is 1. The fraction of sp³-hybridized carbons (Fsp3) is 0.0455. The summed E-state index contributed by atoms with van der Waals surface area (Å²) in [6.07, 6.45) is 4.56. The van der Waals surface area contributed by atoms with Crippen LogP contribution < -0.4 is 0 Å². The summed E-state index contributed by atoms with van der Waals surface area (Å²) in [4.78, 5) is 25.1. The molecular weight excluding hydrogens is 432 g/mol. The Morgan fingerprint density at radius 2 is 1.91 bits per heavy atom. The normalized spacial score (nSPS) is 16.5. The Hall–Kier alpha value is -4.18. The van der Waals surface area contributed by atoms with Crippen LogP contribution in [0.5, 0.6) is 5.75 Å². The number of non-ortho nitro benzene ring substituents is 1. The van der Waals surface area contributed by atoms with Crippen molar-refractivity contribution >= 4 is 40.8 Å². The first-order valence-electron chi connectivity index (χ1n) is 9.38. The van der Waals surface area contributed by atoms with Gasteiger partial charge in [-0.1, -0.05) is 18.2 Å². The Kier molecular flexibility index (Phi) is 6.13. The first kappa shape index (κ1) is 21.1. The molecule has 0 saturated carbocycles. The highest BCUT2D eigenvalue weighted by atomic mass is 32.2. The van der Waals surface area contributed by atoms with Gasteiger partial charge in [0.2, 0.25) is 0 Å². The maximum atomic E-state index is 13.0. The second kappa shape index (κ2) is 9.31. The number of amides is 1. The van der Waals surface area contributed by atoms with Crippen molar-refractivity contribution in [2.75, 3.05) is 0 Å². The smallest absolute Gasteiger partial charge is 0.269 e. The molecule has 2 aromatic carbocycles. The zero-order valence-electron chi connectivity index (χ0n) is 16.5. The molecule has 2 heterocycles. The number of amidine groups is 1. The van der Waals surface area contributed by atoms with Gasteiger partial charge in [0.25, 0.3) is 11.6 Å². The first-order chi connectivity index (χ1) is 15.5. The van der Waals surface area contributed by atoms with Gasteiger partial charge >= 0.3 is 0 Å². The maximum absolute atomic E-state index is 13.0. The molecule has 1 saturated heterocycles. The average molecular weight is 448 g/mol. The van der Waals surface area contributed by atoms with Crippen molar-refractivity contribution in [1.82, 2.24) is 4.90 Å². The lowest BCUT2D eigenvalue weighted by Gasteiger charge is -2.12. The van der Waals surface area contributed by atoms with Crippen LogP contribution in [0.3, 0.4) is 0 Å². The van der Waals surface area contributed by atoms with Crippen molar-refractivity contribution in [3.05, 3.63) is 98.8 Å². The Balaban J connectivity index is 1.60. The molecule has 0 aliphatic carbocycles. The number of phenols is 1. The lowest BCUT2D eigenvalue weighted by molar-refractivity contribution is -0.384. The van der Waals surface area contributed by atoms with Crippen LogP contribution >= 0.6 is 11.8 Å². The molecule has 160 valence electrons. The van der Waals surface area contributed by atoms with E-state index in [1.54, 1.807) is 54.6 Å². The number of carbonyl (C=O) groups excluding carboxylic acids is 1. The third kappa shape index (κ3) is 4.76. The van der Waals surface area contributed by atoms with Gasteiger partial charge in [-0.05, 0) is 53.7 Å². The number of rotatable bonds is 6. The second-order valence-corrected chi connectivity index (χ2v) is 7.63. The van der Waals surface area contributed by atoms with Crippen molar-refractivity contribution in [2.24, 2.45) is 10.2 Å². The molecule has 0 bridgehead atoms. The predicted octanol–water partition coefficient (Wildman–Crippen LogP) is 4.40. The van der Waals surface area contributed by atoms with Gasteiger partial charge in [-0.3, -0.25) is 19.8 Å². The average Bonchev–Trinajstić information content (AvgIpc) is 3.40. The minimum atomic E-state index is -0.479. The van der Waals surface area contributed by atoms with E-state index in [0.29, 0.717) is 27.0 Å². The van der Waals surface area contributed by atoms with E-state index in [1.165, 1.54) is 29.5 Å². The van der Waals surface area contributed by atoms with E-state index in [0.717, 1.165) is 11.8 Å². The van der Waals surface area contributed by atoms with Crippen LogP contribution in [0.15, 0.2) is 86.5 Å². The number of hydrogen-bond acceptors (Lipinski definition) is 8. The number of nitro benzene ring substituents is 1. The van der Waals surface area contributed by atoms with E-state index in [4.69, 9.17) is 4.42 Å². The van der Waals surface area contributed by atoms with E-state index in [2.05, 4.69) is 10.2 Å². The predicted molar refractivity (Wildman–Crippen MR) is 121 cm³/mol. The summed E-state index contributed by atoms with van der Waals surface area (Å²) < 4.78 is 5.36. The van der Waals surface area contributed by atoms with Crippen LogP contribution in [0.2, 0.25) is 0 Å². The van der Waals surface area contributed by atoms with E-state index < -0.39 is 4.92 Å². The monoisotopic (exact) mass is 448 g/mol. The Labute approximate surface area is 186 Å². The fourth-order valence-electron chi connectivity index (χ4n) is 2.86. The van der Waals surface area contributed by atoms with Crippen LogP contribution in [0, 0.1) is 10.1 Å². The van der Waals surface area contributed by atoms with Gasteiger partial charge < -0.3 is 9.52 Å². The molecule has 1 amide bonds. The topological polar surface area (TPSA) is 122 Å². The van der Waals surface area contributed by atoms with Crippen molar-refractivity contribution < 1.29 is 19.2 Å². The lowest BCUT2D eigenvalue weighted by atomic mass is 10.2. The van der Waals surface area contributed by atoms with Crippen molar-refractivity contribution in [2.45, 2.75) is 6.54 Å². The number of benzene rings is 2. The third-order valence-corrected chi connectivity index (χ3v) is 5.46. The number of nitrogens with zero attached hydrogens (tertiary/aromatic N) is 4. The molecule has 4 rings (SSSR count). The summed E-state index contributed by atoms with van der Waals surface area (Å²) in [6, 6.07) is 16.0. The Morgan fingerprint density at radius 3 is 2.59 bits per heavy atom. The quantitative estimate of drug-likeness (QED) is 0.258. The highest BCUT2D eigenvalue weighted by Crippen LogP contribution is 2.35. The van der Waals surface area contributed by atoms with Gasteiger partial charge in [0.1, 0.15) is 11.5 Å². The molecule has 32 heavy (non-hydrogen) atoms. The number of thioether (sulfide) groups is 1. The molecule has 1 fully saturated rings. The Bertz CT molecular complexity index is 1230. The molecule has 10 heteroatoms. The lowest BCUT2D eigenvalue weighted by Crippen LogP contribution is -2.28. The number of para-hydroxylation sites is 1. The molecule has 0 atom stereocenters. The minimum absolute atomic E-state index is 0.0195. The van der Waals surface area contributed by atoms with Crippen LogP contribution in [-0.2, 0) is 11.3 Å². The molecular formula is C22H16N4O5S. The molecule has 0 radical (unpaired) electrons. The Morgan fingerprint density at radius 1 is 1.12 bits per heavy atom. The number of aromatic hydroxyl groups is 1. The molecule has 1 N–H and O–H groups in total. The van der Waals surface area contributed by atoms with Crippen molar-refractivity contribution in [3.63, 3.8) is 0 Å². The summed E-state index contributed by atoms with van der Waals surface area (Å²) in [5, 5.41) is 29.3. The van der Waals surface area contributed by atoms with Gasteiger partial charge in [0, 0.05) is 17.7 Å². The SMILES string of the molecule is O=C1/C(=C/c2ccccc2O)S/C(=N\N=C\c2ccc([N+](=O)[O-])cc2)N1Cc1ccco1. The zero-order valence-corrected chi connectivity index (χ0v) is 17.3. The summed E-state index contributed by atoms with van der Waals surface area (Å²) in [5.74, 6) is 0.348. The van der Waals surface area contributed by atoms with Crippen LogP contribution in [0.4, 0.5) is 5.69 Å². The molecule has 0 spiro atoms. The van der Waals surface area contributed by atoms with E-state index >= 15 is 0 Å². The third-order valence-electron chi connectivity index (χ3n) is 4.46.